The van der Waals surface area contributed by atoms with Gasteiger partial charge in [0, 0.05) is 39.9 Å². The lowest BCUT2D eigenvalue weighted by Crippen LogP contribution is -2.25. The molecule has 2 aromatic heterocycles. The first-order chi connectivity index (χ1) is 12.5. The molecule has 0 saturated heterocycles. The Hall–Kier alpha value is -2.72. The number of phenols is 1. The molecule has 0 aliphatic carbocycles. The Kier molecular flexibility index (Phi) is 5.64. The lowest BCUT2D eigenvalue weighted by molar-refractivity contribution is -0.671. The van der Waals surface area contributed by atoms with Gasteiger partial charge in [-0.05, 0) is 23.3 Å². The van der Waals surface area contributed by atoms with Gasteiger partial charge in [0.15, 0.2) is 24.8 Å². The zero-order valence-corrected chi connectivity index (χ0v) is 16.4. The van der Waals surface area contributed by atoms with E-state index in [1.54, 1.807) is 0 Å². The van der Waals surface area contributed by atoms with Gasteiger partial charge in [-0.2, -0.15) is 0 Å². The van der Waals surface area contributed by atoms with E-state index < -0.39 is 0 Å². The third-order valence-corrected chi connectivity index (χ3v) is 4.51. The van der Waals surface area contributed by atoms with E-state index in [1.807, 2.05) is 109 Å². The molecular weight excluding hydrogens is 388 g/mol. The number of hydrogen-bond donors (Lipinski definition) is 1. The van der Waals surface area contributed by atoms with Crippen LogP contribution in [0.4, 0.5) is 0 Å². The third-order valence-electron chi connectivity index (χ3n) is 4.05. The molecule has 0 unspecified atom stereocenters. The predicted octanol–water partition coefficient (Wildman–Crippen LogP) is 4.14. The van der Waals surface area contributed by atoms with Crippen molar-refractivity contribution in [1.82, 2.24) is 0 Å². The van der Waals surface area contributed by atoms with Gasteiger partial charge >= 0.3 is 0 Å². The average Bonchev–Trinajstić information content (AvgIpc) is 2.63. The van der Waals surface area contributed by atoms with Crippen LogP contribution in [-0.4, -0.2) is 5.11 Å². The summed E-state index contributed by atoms with van der Waals surface area (Å²) in [6, 6.07) is 11.9. The molecule has 1 N–H and O–H groups in total. The van der Waals surface area contributed by atoms with Crippen LogP contribution in [0.2, 0.25) is 0 Å². The van der Waals surface area contributed by atoms with Crippen molar-refractivity contribution in [1.29, 1.82) is 0 Å². The van der Waals surface area contributed by atoms with E-state index in [1.165, 1.54) is 0 Å². The molecular formula is C22H21BrN2O+2. The molecule has 0 bridgehead atoms. The molecule has 3 nitrogen and oxygen atoms in total. The maximum Gasteiger partial charge on any atom is 0.169 e. The zero-order chi connectivity index (χ0) is 18.5. The summed E-state index contributed by atoms with van der Waals surface area (Å²) in [7, 11) is 3.97. The number of aromatic nitrogens is 2. The monoisotopic (exact) mass is 408 g/mol. The topological polar surface area (TPSA) is 28.0 Å². The molecule has 0 saturated carbocycles. The number of halogens is 1. The van der Waals surface area contributed by atoms with E-state index >= 15 is 0 Å². The Morgan fingerprint density at radius 3 is 1.50 bits per heavy atom. The number of hydrogen-bond acceptors (Lipinski definition) is 1. The number of nitrogens with zero attached hydrogens (tertiary/aromatic N) is 2. The van der Waals surface area contributed by atoms with Crippen LogP contribution in [0.1, 0.15) is 22.3 Å². The second-order valence-corrected chi connectivity index (χ2v) is 7.11. The minimum atomic E-state index is 0.267. The Labute approximate surface area is 162 Å². The van der Waals surface area contributed by atoms with E-state index in [9.17, 15) is 5.11 Å². The maximum absolute atomic E-state index is 10.6. The number of phenolic OH excluding ortho intramolecular Hbond substituents is 1. The molecule has 0 atom stereocenters. The third kappa shape index (κ3) is 4.67. The molecule has 4 heteroatoms. The first kappa shape index (κ1) is 18.1. The van der Waals surface area contributed by atoms with E-state index in [0.717, 1.165) is 26.7 Å². The van der Waals surface area contributed by atoms with Crippen molar-refractivity contribution in [2.24, 2.45) is 14.1 Å². The van der Waals surface area contributed by atoms with Crippen molar-refractivity contribution in [3.8, 4) is 5.75 Å². The highest BCUT2D eigenvalue weighted by Gasteiger charge is 2.05. The highest BCUT2D eigenvalue weighted by Crippen LogP contribution is 2.30. The largest absolute Gasteiger partial charge is 0.507 e. The maximum atomic E-state index is 10.6. The second-order valence-electron chi connectivity index (χ2n) is 6.19. The smallest absolute Gasteiger partial charge is 0.169 e. The fourth-order valence-electron chi connectivity index (χ4n) is 2.52. The van der Waals surface area contributed by atoms with Gasteiger partial charge in [-0.3, -0.25) is 0 Å². The minimum Gasteiger partial charge on any atom is -0.507 e. The number of aromatic hydroxyl groups is 1. The molecule has 0 radical (unpaired) electrons. The lowest BCUT2D eigenvalue weighted by atomic mass is 10.1. The van der Waals surface area contributed by atoms with Gasteiger partial charge in [0.05, 0.1) is 0 Å². The summed E-state index contributed by atoms with van der Waals surface area (Å²) in [6.07, 6.45) is 15.8. The van der Waals surface area contributed by atoms with Crippen molar-refractivity contribution in [3.05, 3.63) is 87.9 Å². The number of benzene rings is 1. The number of pyridine rings is 2. The molecule has 26 heavy (non-hydrogen) atoms. The second kappa shape index (κ2) is 8.11. The van der Waals surface area contributed by atoms with Gasteiger partial charge in [-0.25, -0.2) is 9.13 Å². The molecule has 0 spiro atoms. The molecule has 0 fully saturated rings. The number of aryl methyl sites for hydroxylation is 2. The van der Waals surface area contributed by atoms with Crippen LogP contribution in [0.5, 0.6) is 5.75 Å². The van der Waals surface area contributed by atoms with Gasteiger partial charge in [-0.1, -0.05) is 40.2 Å². The van der Waals surface area contributed by atoms with Crippen LogP contribution in [0.25, 0.3) is 24.3 Å². The van der Waals surface area contributed by atoms with Crippen molar-refractivity contribution in [3.63, 3.8) is 0 Å². The quantitative estimate of drug-likeness (QED) is 0.645. The number of rotatable bonds is 4. The van der Waals surface area contributed by atoms with Crippen molar-refractivity contribution >= 4 is 40.2 Å². The molecule has 3 aromatic rings. The van der Waals surface area contributed by atoms with Gasteiger partial charge in [0.25, 0.3) is 0 Å². The fourth-order valence-corrected chi connectivity index (χ4v) is 3.01. The summed E-state index contributed by atoms with van der Waals surface area (Å²) in [5.41, 5.74) is 3.70. The van der Waals surface area contributed by atoms with Crippen LogP contribution < -0.4 is 9.13 Å². The summed E-state index contributed by atoms with van der Waals surface area (Å²) in [4.78, 5) is 0. The Morgan fingerprint density at radius 2 is 1.12 bits per heavy atom. The van der Waals surface area contributed by atoms with Gasteiger partial charge in [0.2, 0.25) is 0 Å². The SMILES string of the molecule is C[n+]1ccc(/C=C/c2cc(Br)cc(/C=C/c3cc[n+](C)cc3)c2O)cc1. The van der Waals surface area contributed by atoms with E-state index in [4.69, 9.17) is 0 Å². The first-order valence-corrected chi connectivity index (χ1v) is 9.10. The minimum absolute atomic E-state index is 0.267. The Morgan fingerprint density at radius 1 is 0.731 bits per heavy atom. The molecule has 130 valence electrons. The predicted molar refractivity (Wildman–Crippen MR) is 109 cm³/mol. The first-order valence-electron chi connectivity index (χ1n) is 8.30. The molecule has 1 aromatic carbocycles. The summed E-state index contributed by atoms with van der Waals surface area (Å²) in [6.45, 7) is 0. The molecule has 0 amide bonds. The summed E-state index contributed by atoms with van der Waals surface area (Å²) < 4.78 is 4.90. The van der Waals surface area contributed by atoms with Gasteiger partial charge in [-0.15, -0.1) is 0 Å². The standard InChI is InChI=1S/C22H20BrN2O/c1-24-11-7-17(8-12-24)3-5-19-15-21(23)16-20(22(19)26)6-4-18-9-13-25(2)14-10-18/h3-16H,1-2H3/q+1/p+1. The molecule has 0 aliphatic heterocycles. The summed E-state index contributed by atoms with van der Waals surface area (Å²) >= 11 is 3.53. The average molecular weight is 409 g/mol. The highest BCUT2D eigenvalue weighted by molar-refractivity contribution is 9.10. The summed E-state index contributed by atoms with van der Waals surface area (Å²) in [5, 5.41) is 10.6. The van der Waals surface area contributed by atoms with Gasteiger partial charge in [0.1, 0.15) is 19.8 Å². The van der Waals surface area contributed by atoms with Crippen LogP contribution in [0, 0.1) is 0 Å². The van der Waals surface area contributed by atoms with Crippen LogP contribution >= 0.6 is 15.9 Å². The lowest BCUT2D eigenvalue weighted by Gasteiger charge is -2.05. The normalized spacial score (nSPS) is 11.5. The van der Waals surface area contributed by atoms with Crippen LogP contribution in [0.3, 0.4) is 0 Å². The van der Waals surface area contributed by atoms with E-state index in [2.05, 4.69) is 15.9 Å². The van der Waals surface area contributed by atoms with Crippen molar-refractivity contribution in [2.75, 3.05) is 0 Å². The van der Waals surface area contributed by atoms with E-state index in [-0.39, 0.29) is 5.75 Å². The van der Waals surface area contributed by atoms with Gasteiger partial charge < -0.3 is 5.11 Å². The summed E-state index contributed by atoms with van der Waals surface area (Å²) in [5.74, 6) is 0.267. The van der Waals surface area contributed by atoms with Crippen molar-refractivity contribution < 1.29 is 14.2 Å². The van der Waals surface area contributed by atoms with E-state index in [0.29, 0.717) is 0 Å². The van der Waals surface area contributed by atoms with Crippen LogP contribution in [-0.2, 0) is 14.1 Å². The molecule has 2 heterocycles. The zero-order valence-electron chi connectivity index (χ0n) is 14.8. The van der Waals surface area contributed by atoms with Crippen LogP contribution in [0.15, 0.2) is 65.7 Å². The Bertz CT molecular complexity index is 882. The fraction of sp³-hybridized carbons (Fsp3) is 0.0909. The Balaban J connectivity index is 1.88. The molecule has 0 aliphatic rings. The van der Waals surface area contributed by atoms with Crippen molar-refractivity contribution in [2.45, 2.75) is 0 Å². The highest BCUT2D eigenvalue weighted by atomic mass is 79.9. The molecule has 3 rings (SSSR count).